The fraction of sp³-hybridized carbons (Fsp3) is 0.214. The number of rotatable bonds is 3. The molecule has 0 spiro atoms. The van der Waals surface area contributed by atoms with E-state index < -0.39 is 22.6 Å². The number of H-pyrrole nitrogens is 1. The maximum absolute atomic E-state index is 12.8. The zero-order valence-electron chi connectivity index (χ0n) is 13.4. The van der Waals surface area contributed by atoms with Gasteiger partial charge in [0.25, 0.3) is 11.4 Å². The first-order valence-corrected chi connectivity index (χ1v) is 7.17. The Kier molecular flexibility index (Phi) is 3.89. The summed E-state index contributed by atoms with van der Waals surface area (Å²) in [5.41, 5.74) is -0.983. The summed E-state index contributed by atoms with van der Waals surface area (Å²) in [6, 6.07) is 3.97. The average Bonchev–Trinajstić information content (AvgIpc) is 2.98. The maximum atomic E-state index is 12.8. The van der Waals surface area contributed by atoms with Gasteiger partial charge in [0.2, 0.25) is 0 Å². The van der Waals surface area contributed by atoms with Gasteiger partial charge in [0.1, 0.15) is 5.10 Å². The molecule has 1 N–H and O–H groups in total. The molecule has 0 bridgehead atoms. The normalized spacial score (nSPS) is 12.7. The van der Waals surface area contributed by atoms with E-state index >= 15 is 0 Å². The summed E-state index contributed by atoms with van der Waals surface area (Å²) in [5.74, 6) is -1.26. The SMILES string of the molecule is Cc1nn2c([N+](=O)[O-])c(C)[nH][n+]2c1C([O-])=Nc1cccc(C(F)(F)F)c1. The molecule has 2 aromatic heterocycles. The van der Waals surface area contributed by atoms with Crippen molar-refractivity contribution in [3.8, 4) is 0 Å². The molecule has 3 aromatic rings. The molecule has 0 saturated heterocycles. The van der Waals surface area contributed by atoms with Crippen LogP contribution in [0.25, 0.3) is 0 Å². The second-order valence-electron chi connectivity index (χ2n) is 5.42. The van der Waals surface area contributed by atoms with Crippen LogP contribution in [0.2, 0.25) is 0 Å². The number of nitrogens with one attached hydrogen (secondary N) is 1. The highest BCUT2D eigenvalue weighted by Crippen LogP contribution is 2.31. The highest BCUT2D eigenvalue weighted by Gasteiger charge is 2.34. The van der Waals surface area contributed by atoms with Crippen LogP contribution in [0.1, 0.15) is 22.6 Å². The van der Waals surface area contributed by atoms with Crippen molar-refractivity contribution in [1.29, 1.82) is 0 Å². The number of hydrogen-bond acceptors (Lipinski definition) is 5. The first kappa shape index (κ1) is 17.4. The zero-order chi connectivity index (χ0) is 19.2. The zero-order valence-corrected chi connectivity index (χ0v) is 13.4. The molecular formula is C14H11F3N6O3. The van der Waals surface area contributed by atoms with Gasteiger partial charge in [-0.1, -0.05) is 6.07 Å². The van der Waals surface area contributed by atoms with Gasteiger partial charge < -0.3 is 15.2 Å². The van der Waals surface area contributed by atoms with Gasteiger partial charge in [0, 0.05) is 17.5 Å². The molecule has 0 amide bonds. The lowest BCUT2D eigenvalue weighted by Crippen LogP contribution is -2.39. The third kappa shape index (κ3) is 2.85. The standard InChI is InChI=1S/C14H11F3N6O3/c1-7-11(21-20-8(2)13(23(25)26)22(21)19-7)12(24)18-10-5-3-4-9(6-10)14(15,16)17/h3-6H,1-2H3,(H-,18,19,20,24). The number of aliphatic imine (C=N–C) groups is 1. The molecule has 1 aromatic carbocycles. The summed E-state index contributed by atoms with van der Waals surface area (Å²) < 4.78 is 40.2. The maximum Gasteiger partial charge on any atom is 0.436 e. The number of nitrogens with zero attached hydrogens (tertiary/aromatic N) is 5. The van der Waals surface area contributed by atoms with Crippen molar-refractivity contribution in [1.82, 2.24) is 14.8 Å². The summed E-state index contributed by atoms with van der Waals surface area (Å²) in [6.07, 6.45) is -4.57. The van der Waals surface area contributed by atoms with Crippen LogP contribution in [0.3, 0.4) is 0 Å². The van der Waals surface area contributed by atoms with Gasteiger partial charge in [0.15, 0.2) is 10.3 Å². The smallest absolute Gasteiger partial charge is 0.436 e. The van der Waals surface area contributed by atoms with Crippen molar-refractivity contribution < 1.29 is 27.8 Å². The molecule has 0 saturated carbocycles. The lowest BCUT2D eigenvalue weighted by molar-refractivity contribution is -0.683. The van der Waals surface area contributed by atoms with E-state index in [0.29, 0.717) is 0 Å². The molecule has 0 radical (unpaired) electrons. The minimum absolute atomic E-state index is 0.126. The second kappa shape index (κ2) is 5.82. The van der Waals surface area contributed by atoms with E-state index in [9.17, 15) is 28.4 Å². The van der Waals surface area contributed by atoms with Crippen molar-refractivity contribution in [2.45, 2.75) is 20.0 Å². The minimum Gasteiger partial charge on any atom is -0.855 e. The number of aromatic amines is 1. The number of nitro groups is 1. The van der Waals surface area contributed by atoms with Crippen LogP contribution in [0.15, 0.2) is 29.3 Å². The van der Waals surface area contributed by atoms with Crippen LogP contribution in [-0.2, 0) is 6.18 Å². The average molecular weight is 368 g/mol. The number of aromatic nitrogens is 4. The number of aryl methyl sites for hydroxylation is 2. The molecule has 2 heterocycles. The second-order valence-corrected chi connectivity index (χ2v) is 5.42. The van der Waals surface area contributed by atoms with Crippen molar-refractivity contribution in [3.05, 3.63) is 57.0 Å². The van der Waals surface area contributed by atoms with E-state index in [4.69, 9.17) is 0 Å². The van der Waals surface area contributed by atoms with Gasteiger partial charge in [-0.15, -0.1) is 0 Å². The van der Waals surface area contributed by atoms with Crippen LogP contribution < -0.4 is 9.74 Å². The Bertz CT molecular complexity index is 1050. The molecule has 0 aliphatic heterocycles. The van der Waals surface area contributed by atoms with Crippen molar-refractivity contribution >= 4 is 17.4 Å². The largest absolute Gasteiger partial charge is 0.855 e. The van der Waals surface area contributed by atoms with Gasteiger partial charge in [-0.25, -0.2) is 0 Å². The van der Waals surface area contributed by atoms with Crippen LogP contribution >= 0.6 is 0 Å². The highest BCUT2D eigenvalue weighted by molar-refractivity contribution is 5.90. The molecule has 0 atom stereocenters. The van der Waals surface area contributed by atoms with Gasteiger partial charge in [-0.3, -0.25) is 4.99 Å². The molecule has 12 heteroatoms. The predicted molar refractivity (Wildman–Crippen MR) is 79.0 cm³/mol. The molecule has 9 nitrogen and oxygen atoms in total. The quantitative estimate of drug-likeness (QED) is 0.246. The molecule has 0 fully saturated rings. The summed E-state index contributed by atoms with van der Waals surface area (Å²) in [4.78, 5) is 14.1. The van der Waals surface area contributed by atoms with Crippen molar-refractivity contribution in [2.75, 3.05) is 0 Å². The lowest BCUT2D eigenvalue weighted by atomic mass is 10.2. The summed E-state index contributed by atoms with van der Waals surface area (Å²) in [6.45, 7) is 2.86. The van der Waals surface area contributed by atoms with E-state index in [2.05, 4.69) is 15.2 Å². The van der Waals surface area contributed by atoms with E-state index in [-0.39, 0.29) is 28.6 Å². The number of alkyl halides is 3. The minimum atomic E-state index is -4.57. The molecule has 3 rings (SSSR count). The topological polar surface area (TPSA) is 116 Å². The fourth-order valence-electron chi connectivity index (χ4n) is 2.46. The predicted octanol–water partition coefficient (Wildman–Crippen LogP) is 1.23. The third-order valence-electron chi connectivity index (χ3n) is 3.57. The van der Waals surface area contributed by atoms with Gasteiger partial charge in [0.05, 0.1) is 11.3 Å². The Balaban J connectivity index is 2.12. The highest BCUT2D eigenvalue weighted by atomic mass is 19.4. The van der Waals surface area contributed by atoms with Crippen LogP contribution in [-0.4, -0.2) is 25.6 Å². The fourth-order valence-corrected chi connectivity index (χ4v) is 2.46. The van der Waals surface area contributed by atoms with E-state index in [0.717, 1.165) is 27.5 Å². The van der Waals surface area contributed by atoms with E-state index in [1.165, 1.54) is 19.9 Å². The molecule has 0 aliphatic rings. The van der Waals surface area contributed by atoms with Gasteiger partial charge in [-0.2, -0.15) is 18.3 Å². The Labute approximate surface area is 143 Å². The molecule has 0 unspecified atom stereocenters. The van der Waals surface area contributed by atoms with E-state index in [1.807, 2.05) is 0 Å². The number of halogens is 3. The summed E-state index contributed by atoms with van der Waals surface area (Å²) in [7, 11) is 0. The first-order chi connectivity index (χ1) is 12.1. The van der Waals surface area contributed by atoms with Crippen molar-refractivity contribution in [3.63, 3.8) is 0 Å². The molecule has 26 heavy (non-hydrogen) atoms. The van der Waals surface area contributed by atoms with E-state index in [1.54, 1.807) is 0 Å². The molecular weight excluding hydrogens is 357 g/mol. The van der Waals surface area contributed by atoms with Gasteiger partial charge >= 0.3 is 12.0 Å². The number of hydrogen-bond donors (Lipinski definition) is 1. The molecule has 0 aliphatic carbocycles. The first-order valence-electron chi connectivity index (χ1n) is 7.17. The van der Waals surface area contributed by atoms with Crippen molar-refractivity contribution in [2.24, 2.45) is 4.99 Å². The monoisotopic (exact) mass is 368 g/mol. The summed E-state index contributed by atoms with van der Waals surface area (Å²) in [5, 5.41) is 30.1. The number of benzene rings is 1. The third-order valence-corrected chi connectivity index (χ3v) is 3.57. The van der Waals surface area contributed by atoms with Crippen LogP contribution in [0.5, 0.6) is 0 Å². The van der Waals surface area contributed by atoms with Crippen LogP contribution in [0, 0.1) is 24.0 Å². The van der Waals surface area contributed by atoms with Crippen LogP contribution in [0.4, 0.5) is 24.7 Å². The Morgan fingerprint density at radius 3 is 2.69 bits per heavy atom. The lowest BCUT2D eigenvalue weighted by Gasteiger charge is -2.08. The molecule has 136 valence electrons. The Morgan fingerprint density at radius 1 is 1.38 bits per heavy atom. The summed E-state index contributed by atoms with van der Waals surface area (Å²) >= 11 is 0. The Hall–Kier alpha value is -3.44. The Morgan fingerprint density at radius 2 is 2.08 bits per heavy atom. The number of fused-ring (bicyclic) bond motifs is 1. The van der Waals surface area contributed by atoms with Gasteiger partial charge in [-0.05, 0) is 30.0 Å².